The molecule has 0 fully saturated rings. The molecule has 0 bridgehead atoms. The van der Waals surface area contributed by atoms with E-state index >= 15 is 0 Å². The number of ether oxygens (including phenoxy) is 1. The van der Waals surface area contributed by atoms with Gasteiger partial charge in [-0.15, -0.1) is 0 Å². The first kappa shape index (κ1) is 17.6. The molecule has 24 heavy (non-hydrogen) atoms. The van der Waals surface area contributed by atoms with E-state index in [2.05, 4.69) is 11.9 Å². The molecule has 0 saturated carbocycles. The van der Waals surface area contributed by atoms with Crippen molar-refractivity contribution in [2.24, 2.45) is 0 Å². The van der Waals surface area contributed by atoms with Crippen LogP contribution in [-0.4, -0.2) is 12.9 Å². The number of para-hydroxylation sites is 1. The quantitative estimate of drug-likeness (QED) is 0.762. The van der Waals surface area contributed by atoms with Crippen molar-refractivity contribution in [1.82, 2.24) is 0 Å². The largest absolute Gasteiger partial charge is 0.497 e. The lowest BCUT2D eigenvalue weighted by Gasteiger charge is -2.15. The van der Waals surface area contributed by atoms with Gasteiger partial charge in [-0.25, -0.2) is 0 Å². The molecule has 2 aromatic carbocycles. The summed E-state index contributed by atoms with van der Waals surface area (Å²) >= 11 is 0. The molecule has 0 spiro atoms. The molecule has 0 atom stereocenters. The minimum absolute atomic E-state index is 0.113. The zero-order valence-corrected chi connectivity index (χ0v) is 13.0. The third-order valence-electron chi connectivity index (χ3n) is 3.33. The van der Waals surface area contributed by atoms with Crippen LogP contribution in [-0.2, 0) is 6.18 Å². The van der Waals surface area contributed by atoms with Crippen molar-refractivity contribution in [3.05, 3.63) is 71.9 Å². The summed E-state index contributed by atoms with van der Waals surface area (Å²) in [6.45, 7) is 3.65. The predicted octanol–water partition coefficient (Wildman–Crippen LogP) is 4.91. The Morgan fingerprint density at radius 2 is 1.75 bits per heavy atom. The van der Waals surface area contributed by atoms with E-state index in [0.29, 0.717) is 11.3 Å². The van der Waals surface area contributed by atoms with E-state index in [0.717, 1.165) is 6.07 Å². The second kappa shape index (κ2) is 7.21. The van der Waals surface area contributed by atoms with Crippen molar-refractivity contribution in [3.8, 4) is 5.75 Å². The Kier molecular flexibility index (Phi) is 5.28. The van der Waals surface area contributed by atoms with Gasteiger partial charge in [-0.2, -0.15) is 13.2 Å². The van der Waals surface area contributed by atoms with Crippen molar-refractivity contribution in [3.63, 3.8) is 0 Å². The average molecular weight is 335 g/mol. The number of carbonyl (C=O) groups is 1. The van der Waals surface area contributed by atoms with Gasteiger partial charge in [-0.1, -0.05) is 18.7 Å². The number of anilines is 1. The third kappa shape index (κ3) is 4.38. The van der Waals surface area contributed by atoms with Gasteiger partial charge in [0, 0.05) is 11.3 Å². The number of benzene rings is 2. The lowest BCUT2D eigenvalue weighted by Crippen LogP contribution is -2.12. The second-order valence-electron chi connectivity index (χ2n) is 5.10. The predicted molar refractivity (Wildman–Crippen MR) is 86.1 cm³/mol. The fraction of sp³-hybridized carbons (Fsp3) is 0.167. The number of carbonyl (C=O) groups excluding carboxylic acids is 1. The molecule has 0 amide bonds. The van der Waals surface area contributed by atoms with Crippen LogP contribution in [0.5, 0.6) is 5.75 Å². The lowest BCUT2D eigenvalue weighted by molar-refractivity contribution is -0.136. The molecular weight excluding hydrogens is 319 g/mol. The fourth-order valence-corrected chi connectivity index (χ4v) is 2.15. The Morgan fingerprint density at radius 1 is 1.12 bits per heavy atom. The minimum atomic E-state index is -4.48. The molecule has 0 radical (unpaired) electrons. The van der Waals surface area contributed by atoms with Gasteiger partial charge in [-0.05, 0) is 36.4 Å². The third-order valence-corrected chi connectivity index (χ3v) is 3.33. The number of Topliss-reactive ketones (excluding diaryl/α,β-unsaturated/α-hetero) is 1. The van der Waals surface area contributed by atoms with Crippen LogP contribution in [0.15, 0.2) is 60.8 Å². The van der Waals surface area contributed by atoms with Gasteiger partial charge in [0.1, 0.15) is 5.75 Å². The highest BCUT2D eigenvalue weighted by Crippen LogP contribution is 2.35. The van der Waals surface area contributed by atoms with Crippen molar-refractivity contribution < 1.29 is 22.7 Å². The van der Waals surface area contributed by atoms with Gasteiger partial charge in [0.2, 0.25) is 0 Å². The lowest BCUT2D eigenvalue weighted by atomic mass is 10.1. The van der Waals surface area contributed by atoms with Gasteiger partial charge < -0.3 is 10.1 Å². The summed E-state index contributed by atoms with van der Waals surface area (Å²) in [5, 5.41) is 2.58. The number of hydrogen-bond acceptors (Lipinski definition) is 3. The molecule has 0 aliphatic heterocycles. The summed E-state index contributed by atoms with van der Waals surface area (Å²) in [5.41, 5.74) is -0.309. The standard InChI is InChI=1S/C18H16F3NO2/c1-12(11-17(23)13-7-9-14(24-2)10-8-13)22-16-6-4-3-5-15(16)18(19,20)21/h3-10,22H,1,11H2,2H3. The highest BCUT2D eigenvalue weighted by Gasteiger charge is 2.33. The van der Waals surface area contributed by atoms with Crippen LogP contribution in [0, 0.1) is 0 Å². The first-order valence-corrected chi connectivity index (χ1v) is 7.09. The van der Waals surface area contributed by atoms with Crippen LogP contribution in [0.4, 0.5) is 18.9 Å². The zero-order valence-electron chi connectivity index (χ0n) is 13.0. The molecule has 0 aromatic heterocycles. The van der Waals surface area contributed by atoms with E-state index in [1.54, 1.807) is 24.3 Å². The molecule has 2 rings (SSSR count). The molecule has 126 valence electrons. The van der Waals surface area contributed by atoms with Gasteiger partial charge >= 0.3 is 6.18 Å². The molecule has 0 unspecified atom stereocenters. The van der Waals surface area contributed by atoms with Crippen molar-refractivity contribution in [1.29, 1.82) is 0 Å². The van der Waals surface area contributed by atoms with Crippen LogP contribution in [0.3, 0.4) is 0 Å². The summed E-state index contributed by atoms with van der Waals surface area (Å²) in [5.74, 6) is 0.363. The fourth-order valence-electron chi connectivity index (χ4n) is 2.15. The number of allylic oxidation sites excluding steroid dienone is 1. The highest BCUT2D eigenvalue weighted by molar-refractivity contribution is 5.97. The molecule has 6 heteroatoms. The maximum absolute atomic E-state index is 12.9. The summed E-state index contributed by atoms with van der Waals surface area (Å²) in [7, 11) is 1.51. The Balaban J connectivity index is 2.07. The monoisotopic (exact) mass is 335 g/mol. The van der Waals surface area contributed by atoms with Crippen molar-refractivity contribution >= 4 is 11.5 Å². The molecule has 2 aromatic rings. The van der Waals surface area contributed by atoms with Crippen LogP contribution in [0.2, 0.25) is 0 Å². The molecular formula is C18H16F3NO2. The van der Waals surface area contributed by atoms with Crippen LogP contribution >= 0.6 is 0 Å². The van der Waals surface area contributed by atoms with Gasteiger partial charge in [0.15, 0.2) is 5.78 Å². The number of rotatable bonds is 6. The second-order valence-corrected chi connectivity index (χ2v) is 5.10. The summed E-state index contributed by atoms with van der Waals surface area (Å²) in [6, 6.07) is 11.5. The minimum Gasteiger partial charge on any atom is -0.497 e. The molecule has 0 aliphatic carbocycles. The van der Waals surface area contributed by atoms with E-state index in [-0.39, 0.29) is 23.6 Å². The first-order valence-electron chi connectivity index (χ1n) is 7.09. The zero-order chi connectivity index (χ0) is 17.7. The number of nitrogens with one attached hydrogen (secondary N) is 1. The van der Waals surface area contributed by atoms with Gasteiger partial charge in [0.25, 0.3) is 0 Å². The number of hydrogen-bond donors (Lipinski definition) is 1. The average Bonchev–Trinajstić information content (AvgIpc) is 2.54. The summed E-state index contributed by atoms with van der Waals surface area (Å²) in [6.07, 6.45) is -4.59. The number of alkyl halides is 3. The maximum atomic E-state index is 12.9. The molecule has 0 aliphatic rings. The Bertz CT molecular complexity index is 737. The molecule has 1 N–H and O–H groups in total. The number of ketones is 1. The van der Waals surface area contributed by atoms with Crippen molar-refractivity contribution in [2.45, 2.75) is 12.6 Å². The van der Waals surface area contributed by atoms with E-state index in [4.69, 9.17) is 4.74 Å². The Labute approximate surface area is 137 Å². The molecule has 3 nitrogen and oxygen atoms in total. The van der Waals surface area contributed by atoms with E-state index in [1.807, 2.05) is 0 Å². The van der Waals surface area contributed by atoms with Crippen molar-refractivity contribution in [2.75, 3.05) is 12.4 Å². The number of halogens is 3. The maximum Gasteiger partial charge on any atom is 0.418 e. The normalized spacial score (nSPS) is 11.0. The van der Waals surface area contributed by atoms with E-state index < -0.39 is 11.7 Å². The number of methoxy groups -OCH3 is 1. The molecule has 0 saturated heterocycles. The highest BCUT2D eigenvalue weighted by atomic mass is 19.4. The first-order chi connectivity index (χ1) is 11.3. The van der Waals surface area contributed by atoms with Crippen LogP contribution in [0.25, 0.3) is 0 Å². The van der Waals surface area contributed by atoms with Crippen LogP contribution in [0.1, 0.15) is 22.3 Å². The van der Waals surface area contributed by atoms with E-state index in [1.165, 1.54) is 25.3 Å². The summed E-state index contributed by atoms with van der Waals surface area (Å²) in [4.78, 5) is 12.2. The summed E-state index contributed by atoms with van der Waals surface area (Å²) < 4.78 is 43.9. The Hall–Kier alpha value is -2.76. The SMILES string of the molecule is C=C(CC(=O)c1ccc(OC)cc1)Nc1ccccc1C(F)(F)F. The van der Waals surface area contributed by atoms with Gasteiger partial charge in [-0.3, -0.25) is 4.79 Å². The molecule has 0 heterocycles. The van der Waals surface area contributed by atoms with E-state index in [9.17, 15) is 18.0 Å². The smallest absolute Gasteiger partial charge is 0.418 e. The van der Waals surface area contributed by atoms with Gasteiger partial charge in [0.05, 0.1) is 24.8 Å². The topological polar surface area (TPSA) is 38.3 Å². The Morgan fingerprint density at radius 3 is 2.33 bits per heavy atom. The van der Waals surface area contributed by atoms with Crippen LogP contribution < -0.4 is 10.1 Å².